The van der Waals surface area contributed by atoms with Crippen molar-refractivity contribution in [2.45, 2.75) is 6.54 Å². The number of hydrogen-bond donors (Lipinski definition) is 1. The Hall–Kier alpha value is -2.65. The summed E-state index contributed by atoms with van der Waals surface area (Å²) in [4.78, 5) is 12.1. The molecule has 0 radical (unpaired) electrons. The normalized spacial score (nSPS) is 10.5. The van der Waals surface area contributed by atoms with E-state index in [0.717, 1.165) is 16.3 Å². The van der Waals surface area contributed by atoms with Crippen molar-refractivity contribution in [3.63, 3.8) is 0 Å². The molecule has 0 fully saturated rings. The third-order valence-corrected chi connectivity index (χ3v) is 3.36. The molecule has 3 nitrogen and oxygen atoms in total. The van der Waals surface area contributed by atoms with Crippen molar-refractivity contribution in [2.24, 2.45) is 5.73 Å². The predicted molar refractivity (Wildman–Crippen MR) is 83.2 cm³/mol. The Bertz CT molecular complexity index is 779. The van der Waals surface area contributed by atoms with Crippen LogP contribution in [-0.2, 0) is 6.54 Å². The summed E-state index contributed by atoms with van der Waals surface area (Å²) in [6.45, 7) is 0.458. The molecule has 104 valence electrons. The zero-order valence-electron chi connectivity index (χ0n) is 11.5. The second-order valence-corrected chi connectivity index (χ2v) is 4.80. The van der Waals surface area contributed by atoms with Crippen molar-refractivity contribution in [1.82, 2.24) is 0 Å². The van der Waals surface area contributed by atoms with Gasteiger partial charge in [-0.2, -0.15) is 0 Å². The van der Waals surface area contributed by atoms with Gasteiger partial charge in [0.2, 0.25) is 0 Å². The first-order valence-corrected chi connectivity index (χ1v) is 6.76. The molecule has 2 N–H and O–H groups in total. The Kier molecular flexibility index (Phi) is 3.67. The van der Waals surface area contributed by atoms with Gasteiger partial charge in [0.05, 0.1) is 5.56 Å². The van der Waals surface area contributed by atoms with E-state index in [1.807, 2.05) is 48.5 Å². The van der Waals surface area contributed by atoms with Crippen LogP contribution in [0.2, 0.25) is 0 Å². The predicted octanol–water partition coefficient (Wildman–Crippen LogP) is 3.52. The van der Waals surface area contributed by atoms with E-state index in [4.69, 9.17) is 10.5 Å². The zero-order valence-corrected chi connectivity index (χ0v) is 11.5. The van der Waals surface area contributed by atoms with Crippen LogP contribution >= 0.6 is 0 Å². The molecule has 0 aromatic heterocycles. The minimum atomic E-state index is -0.367. The lowest BCUT2D eigenvalue weighted by molar-refractivity contribution is 0.0735. The maximum Gasteiger partial charge on any atom is 0.343 e. The van der Waals surface area contributed by atoms with E-state index in [1.54, 1.807) is 18.2 Å². The second kappa shape index (κ2) is 5.77. The van der Waals surface area contributed by atoms with Crippen LogP contribution in [0.25, 0.3) is 10.8 Å². The first-order valence-electron chi connectivity index (χ1n) is 6.76. The maximum absolute atomic E-state index is 12.1. The zero-order chi connectivity index (χ0) is 14.7. The summed E-state index contributed by atoms with van der Waals surface area (Å²) in [5, 5.41) is 2.16. The summed E-state index contributed by atoms with van der Waals surface area (Å²) in [5.41, 5.74) is 7.03. The van der Waals surface area contributed by atoms with Gasteiger partial charge in [-0.1, -0.05) is 42.5 Å². The van der Waals surface area contributed by atoms with Crippen LogP contribution in [0.5, 0.6) is 5.75 Å². The first-order chi connectivity index (χ1) is 10.3. The van der Waals surface area contributed by atoms with Gasteiger partial charge < -0.3 is 10.5 Å². The highest BCUT2D eigenvalue weighted by Crippen LogP contribution is 2.21. The number of nitrogens with two attached hydrogens (primary N) is 1. The van der Waals surface area contributed by atoms with Crippen LogP contribution in [0.4, 0.5) is 0 Å². The summed E-state index contributed by atoms with van der Waals surface area (Å²) >= 11 is 0. The topological polar surface area (TPSA) is 52.3 Å². The summed E-state index contributed by atoms with van der Waals surface area (Å²) in [6, 6.07) is 20.7. The van der Waals surface area contributed by atoms with Crippen LogP contribution in [0.1, 0.15) is 15.9 Å². The largest absolute Gasteiger partial charge is 0.423 e. The summed E-state index contributed by atoms with van der Waals surface area (Å²) in [5.74, 6) is 0.176. The number of rotatable bonds is 3. The molecule has 21 heavy (non-hydrogen) atoms. The average Bonchev–Trinajstić information content (AvgIpc) is 2.55. The molecule has 3 aromatic rings. The Labute approximate surface area is 123 Å². The van der Waals surface area contributed by atoms with E-state index >= 15 is 0 Å². The number of carbonyl (C=O) groups is 1. The van der Waals surface area contributed by atoms with E-state index < -0.39 is 0 Å². The van der Waals surface area contributed by atoms with Crippen LogP contribution in [0, 0.1) is 0 Å². The molecule has 0 heterocycles. The summed E-state index contributed by atoms with van der Waals surface area (Å²) in [6.07, 6.45) is 0. The van der Waals surface area contributed by atoms with Gasteiger partial charge >= 0.3 is 5.97 Å². The standard InChI is InChI=1S/C18H15NO2/c19-12-13-5-7-15(8-6-13)18(20)21-17-10-9-14-3-1-2-4-16(14)11-17/h1-11H,12,19H2. The number of hydrogen-bond acceptors (Lipinski definition) is 3. The number of ether oxygens (including phenoxy) is 1. The summed E-state index contributed by atoms with van der Waals surface area (Å²) < 4.78 is 5.41. The van der Waals surface area contributed by atoms with Crippen molar-refractivity contribution >= 4 is 16.7 Å². The number of fused-ring (bicyclic) bond motifs is 1. The van der Waals surface area contributed by atoms with Crippen molar-refractivity contribution < 1.29 is 9.53 Å². The third-order valence-electron chi connectivity index (χ3n) is 3.36. The maximum atomic E-state index is 12.1. The fourth-order valence-corrected chi connectivity index (χ4v) is 2.17. The highest BCUT2D eigenvalue weighted by molar-refractivity contribution is 5.92. The number of carbonyl (C=O) groups excluding carboxylic acids is 1. The molecule has 0 unspecified atom stereocenters. The average molecular weight is 277 g/mol. The molecule has 3 rings (SSSR count). The van der Waals surface area contributed by atoms with E-state index in [1.165, 1.54) is 0 Å². The van der Waals surface area contributed by atoms with Crippen LogP contribution in [0.15, 0.2) is 66.7 Å². The van der Waals surface area contributed by atoms with Crippen molar-refractivity contribution in [2.75, 3.05) is 0 Å². The van der Waals surface area contributed by atoms with Gasteiger partial charge in [-0.15, -0.1) is 0 Å². The molecule has 3 heteroatoms. The summed E-state index contributed by atoms with van der Waals surface area (Å²) in [7, 11) is 0. The monoisotopic (exact) mass is 277 g/mol. The SMILES string of the molecule is NCc1ccc(C(=O)Oc2ccc3ccccc3c2)cc1. The molecule has 0 bridgehead atoms. The van der Waals surface area contributed by atoms with Gasteiger partial charge in [0.25, 0.3) is 0 Å². The molecule has 0 saturated heterocycles. The molecular formula is C18H15NO2. The van der Waals surface area contributed by atoms with Crippen molar-refractivity contribution in [1.29, 1.82) is 0 Å². The fraction of sp³-hybridized carbons (Fsp3) is 0.0556. The Balaban J connectivity index is 1.81. The molecule has 0 saturated carbocycles. The van der Waals surface area contributed by atoms with Gasteiger partial charge in [0, 0.05) is 6.54 Å². The van der Waals surface area contributed by atoms with Crippen molar-refractivity contribution in [3.8, 4) is 5.75 Å². The molecule has 0 aliphatic heterocycles. The van der Waals surface area contributed by atoms with Crippen molar-refractivity contribution in [3.05, 3.63) is 77.9 Å². The quantitative estimate of drug-likeness (QED) is 0.588. The first kappa shape index (κ1) is 13.3. The van der Waals surface area contributed by atoms with E-state index in [2.05, 4.69) is 0 Å². The van der Waals surface area contributed by atoms with E-state index in [9.17, 15) is 4.79 Å². The molecule has 0 aliphatic rings. The van der Waals surface area contributed by atoms with E-state index in [-0.39, 0.29) is 5.97 Å². The Morgan fingerprint density at radius 2 is 1.62 bits per heavy atom. The highest BCUT2D eigenvalue weighted by Gasteiger charge is 2.08. The minimum Gasteiger partial charge on any atom is -0.423 e. The lowest BCUT2D eigenvalue weighted by Gasteiger charge is -2.06. The second-order valence-electron chi connectivity index (χ2n) is 4.80. The number of benzene rings is 3. The molecule has 3 aromatic carbocycles. The smallest absolute Gasteiger partial charge is 0.343 e. The van der Waals surface area contributed by atoms with Gasteiger partial charge in [-0.05, 0) is 40.6 Å². The van der Waals surface area contributed by atoms with Gasteiger partial charge in [0.1, 0.15) is 5.75 Å². The lowest BCUT2D eigenvalue weighted by Crippen LogP contribution is -2.08. The van der Waals surface area contributed by atoms with Gasteiger partial charge in [-0.25, -0.2) is 4.79 Å². The molecule has 0 amide bonds. The van der Waals surface area contributed by atoms with Crippen LogP contribution in [0.3, 0.4) is 0 Å². The Morgan fingerprint density at radius 3 is 2.33 bits per heavy atom. The molecular weight excluding hydrogens is 262 g/mol. The lowest BCUT2D eigenvalue weighted by atomic mass is 10.1. The minimum absolute atomic E-state index is 0.367. The Morgan fingerprint density at radius 1 is 0.905 bits per heavy atom. The van der Waals surface area contributed by atoms with Crippen LogP contribution < -0.4 is 10.5 Å². The molecule has 0 spiro atoms. The fourth-order valence-electron chi connectivity index (χ4n) is 2.17. The molecule has 0 atom stereocenters. The number of esters is 1. The van der Waals surface area contributed by atoms with Gasteiger partial charge in [-0.3, -0.25) is 0 Å². The molecule has 0 aliphatic carbocycles. The van der Waals surface area contributed by atoms with Gasteiger partial charge in [0.15, 0.2) is 0 Å². The van der Waals surface area contributed by atoms with Crippen LogP contribution in [-0.4, -0.2) is 5.97 Å². The highest BCUT2D eigenvalue weighted by atomic mass is 16.5. The van der Waals surface area contributed by atoms with E-state index in [0.29, 0.717) is 17.9 Å². The third kappa shape index (κ3) is 2.93.